The van der Waals surface area contributed by atoms with E-state index >= 15 is 0 Å². The van der Waals surface area contributed by atoms with Crippen LogP contribution in [0, 0.1) is 0 Å². The topological polar surface area (TPSA) is 42.0 Å². The zero-order chi connectivity index (χ0) is 11.4. The van der Waals surface area contributed by atoms with Gasteiger partial charge in [-0.1, -0.05) is 30.3 Å². The Bertz CT molecular complexity index is 494. The molecule has 3 heteroatoms. The van der Waals surface area contributed by atoms with Gasteiger partial charge in [-0.05, 0) is 23.3 Å². The normalized spacial score (nSPS) is 9.81. The standard InChI is InChI=1S/C13H12N2O/c1-10(16)15-13-9-12(7-8-14-13)11-5-3-2-4-6-11/h2-9H,1H3,(H,14,15,16). The lowest BCUT2D eigenvalue weighted by Crippen LogP contribution is -2.07. The molecule has 1 aromatic heterocycles. The molecule has 3 nitrogen and oxygen atoms in total. The number of anilines is 1. The number of rotatable bonds is 2. The first-order valence-electron chi connectivity index (χ1n) is 5.05. The van der Waals surface area contributed by atoms with Gasteiger partial charge in [0.15, 0.2) is 0 Å². The number of nitrogens with one attached hydrogen (secondary N) is 1. The summed E-state index contributed by atoms with van der Waals surface area (Å²) in [5.74, 6) is 0.464. The van der Waals surface area contributed by atoms with Crippen molar-refractivity contribution in [3.63, 3.8) is 0 Å². The van der Waals surface area contributed by atoms with Crippen molar-refractivity contribution in [2.24, 2.45) is 0 Å². The third-order valence-electron chi connectivity index (χ3n) is 2.17. The van der Waals surface area contributed by atoms with Gasteiger partial charge in [0.25, 0.3) is 0 Å². The molecule has 0 bridgehead atoms. The van der Waals surface area contributed by atoms with Gasteiger partial charge in [-0.2, -0.15) is 0 Å². The zero-order valence-corrected chi connectivity index (χ0v) is 8.97. The van der Waals surface area contributed by atoms with Crippen molar-refractivity contribution in [2.75, 3.05) is 5.32 Å². The molecule has 0 aliphatic rings. The first-order chi connectivity index (χ1) is 7.75. The predicted molar refractivity (Wildman–Crippen MR) is 64.0 cm³/mol. The highest BCUT2D eigenvalue weighted by atomic mass is 16.1. The highest BCUT2D eigenvalue weighted by Gasteiger charge is 2.00. The van der Waals surface area contributed by atoms with E-state index in [1.165, 1.54) is 6.92 Å². The summed E-state index contributed by atoms with van der Waals surface area (Å²) < 4.78 is 0. The molecule has 1 aromatic carbocycles. The van der Waals surface area contributed by atoms with Crippen LogP contribution >= 0.6 is 0 Å². The third kappa shape index (κ3) is 2.45. The molecule has 80 valence electrons. The average molecular weight is 212 g/mol. The molecule has 0 saturated heterocycles. The molecule has 1 heterocycles. The molecule has 0 fully saturated rings. The van der Waals surface area contributed by atoms with Gasteiger partial charge in [-0.3, -0.25) is 4.79 Å². The Labute approximate surface area is 94.1 Å². The first kappa shape index (κ1) is 10.4. The van der Waals surface area contributed by atoms with Gasteiger partial charge >= 0.3 is 0 Å². The van der Waals surface area contributed by atoms with Crippen LogP contribution in [0.25, 0.3) is 11.1 Å². The zero-order valence-electron chi connectivity index (χ0n) is 8.97. The number of carbonyl (C=O) groups is 1. The Morgan fingerprint density at radius 2 is 1.88 bits per heavy atom. The second-order valence-electron chi connectivity index (χ2n) is 3.48. The van der Waals surface area contributed by atoms with Crippen LogP contribution in [-0.2, 0) is 4.79 Å². The van der Waals surface area contributed by atoms with E-state index < -0.39 is 0 Å². The number of pyridine rings is 1. The van der Waals surface area contributed by atoms with Crippen LogP contribution in [-0.4, -0.2) is 10.9 Å². The van der Waals surface area contributed by atoms with E-state index in [4.69, 9.17) is 0 Å². The SMILES string of the molecule is CC(=O)Nc1cc(-c2ccccc2)ccn1. The summed E-state index contributed by atoms with van der Waals surface area (Å²) in [7, 11) is 0. The maximum atomic E-state index is 10.9. The second-order valence-corrected chi connectivity index (χ2v) is 3.48. The van der Waals surface area contributed by atoms with Gasteiger partial charge in [0.05, 0.1) is 0 Å². The van der Waals surface area contributed by atoms with Gasteiger partial charge in [-0.25, -0.2) is 4.98 Å². The summed E-state index contributed by atoms with van der Waals surface area (Å²) in [6.07, 6.45) is 1.69. The fourth-order valence-corrected chi connectivity index (χ4v) is 1.49. The van der Waals surface area contributed by atoms with Crippen molar-refractivity contribution in [3.05, 3.63) is 48.7 Å². The Morgan fingerprint density at radius 1 is 1.12 bits per heavy atom. The Hall–Kier alpha value is -2.16. The summed E-state index contributed by atoms with van der Waals surface area (Å²) >= 11 is 0. The van der Waals surface area contributed by atoms with E-state index in [0.29, 0.717) is 5.82 Å². The van der Waals surface area contributed by atoms with Crippen molar-refractivity contribution in [1.82, 2.24) is 4.98 Å². The first-order valence-corrected chi connectivity index (χ1v) is 5.05. The summed E-state index contributed by atoms with van der Waals surface area (Å²) in [6, 6.07) is 13.7. The van der Waals surface area contributed by atoms with Crippen molar-refractivity contribution < 1.29 is 4.79 Å². The van der Waals surface area contributed by atoms with Gasteiger partial charge in [0, 0.05) is 13.1 Å². The minimum atomic E-state index is -0.113. The number of amides is 1. The number of benzene rings is 1. The molecule has 0 saturated carbocycles. The fraction of sp³-hybridized carbons (Fsp3) is 0.0769. The summed E-state index contributed by atoms with van der Waals surface area (Å²) in [5, 5.41) is 2.66. The van der Waals surface area contributed by atoms with Gasteiger partial charge in [0.2, 0.25) is 5.91 Å². The molecule has 1 amide bonds. The quantitative estimate of drug-likeness (QED) is 0.831. The van der Waals surface area contributed by atoms with E-state index in [0.717, 1.165) is 11.1 Å². The van der Waals surface area contributed by atoms with E-state index in [1.807, 2.05) is 42.5 Å². The third-order valence-corrected chi connectivity index (χ3v) is 2.17. The highest BCUT2D eigenvalue weighted by molar-refractivity contribution is 5.88. The highest BCUT2D eigenvalue weighted by Crippen LogP contribution is 2.20. The lowest BCUT2D eigenvalue weighted by molar-refractivity contribution is -0.114. The van der Waals surface area contributed by atoms with E-state index in [2.05, 4.69) is 10.3 Å². The Morgan fingerprint density at radius 3 is 2.56 bits per heavy atom. The monoisotopic (exact) mass is 212 g/mol. The summed E-state index contributed by atoms with van der Waals surface area (Å²) in [4.78, 5) is 15.0. The van der Waals surface area contributed by atoms with Crippen LogP contribution in [0.5, 0.6) is 0 Å². The molecule has 0 spiro atoms. The largest absolute Gasteiger partial charge is 0.311 e. The molecular formula is C13H12N2O. The van der Waals surface area contributed by atoms with E-state index in [1.54, 1.807) is 6.20 Å². The Balaban J connectivity index is 2.33. The van der Waals surface area contributed by atoms with Crippen molar-refractivity contribution >= 4 is 11.7 Å². The van der Waals surface area contributed by atoms with Crippen LogP contribution in [0.1, 0.15) is 6.92 Å². The molecule has 0 unspecified atom stereocenters. The second kappa shape index (κ2) is 4.57. The van der Waals surface area contributed by atoms with Crippen molar-refractivity contribution in [3.8, 4) is 11.1 Å². The summed E-state index contributed by atoms with van der Waals surface area (Å²) in [5.41, 5.74) is 2.15. The van der Waals surface area contributed by atoms with E-state index in [9.17, 15) is 4.79 Å². The maximum absolute atomic E-state index is 10.9. The van der Waals surface area contributed by atoms with Crippen molar-refractivity contribution in [2.45, 2.75) is 6.92 Å². The molecule has 2 aromatic rings. The van der Waals surface area contributed by atoms with Crippen LogP contribution in [0.4, 0.5) is 5.82 Å². The maximum Gasteiger partial charge on any atom is 0.222 e. The van der Waals surface area contributed by atoms with Crippen LogP contribution in [0.15, 0.2) is 48.7 Å². The minimum Gasteiger partial charge on any atom is -0.311 e. The molecule has 1 N–H and O–H groups in total. The lowest BCUT2D eigenvalue weighted by Gasteiger charge is -2.04. The van der Waals surface area contributed by atoms with Gasteiger partial charge in [0.1, 0.15) is 5.82 Å². The fourth-order valence-electron chi connectivity index (χ4n) is 1.49. The number of hydrogen-bond donors (Lipinski definition) is 1. The smallest absolute Gasteiger partial charge is 0.222 e. The number of hydrogen-bond acceptors (Lipinski definition) is 2. The summed E-state index contributed by atoms with van der Waals surface area (Å²) in [6.45, 7) is 1.47. The predicted octanol–water partition coefficient (Wildman–Crippen LogP) is 2.71. The van der Waals surface area contributed by atoms with E-state index in [-0.39, 0.29) is 5.91 Å². The molecule has 0 aliphatic carbocycles. The van der Waals surface area contributed by atoms with Crippen LogP contribution in [0.3, 0.4) is 0 Å². The molecular weight excluding hydrogens is 200 g/mol. The number of nitrogens with zero attached hydrogens (tertiary/aromatic N) is 1. The molecule has 0 atom stereocenters. The number of carbonyl (C=O) groups excluding carboxylic acids is 1. The molecule has 2 rings (SSSR count). The minimum absolute atomic E-state index is 0.113. The Kier molecular flexibility index (Phi) is 2.96. The van der Waals surface area contributed by atoms with Crippen LogP contribution < -0.4 is 5.32 Å². The van der Waals surface area contributed by atoms with Gasteiger partial charge < -0.3 is 5.32 Å². The molecule has 0 radical (unpaired) electrons. The lowest BCUT2D eigenvalue weighted by atomic mass is 10.1. The molecule has 16 heavy (non-hydrogen) atoms. The molecule has 0 aliphatic heterocycles. The number of aromatic nitrogens is 1. The van der Waals surface area contributed by atoms with Crippen LogP contribution in [0.2, 0.25) is 0 Å². The average Bonchev–Trinajstić information content (AvgIpc) is 2.30. The van der Waals surface area contributed by atoms with Crippen molar-refractivity contribution in [1.29, 1.82) is 0 Å². The van der Waals surface area contributed by atoms with Gasteiger partial charge in [-0.15, -0.1) is 0 Å².